The molecular weight excluding hydrogens is 184 g/mol. The second kappa shape index (κ2) is 3.42. The highest BCUT2D eigenvalue weighted by Crippen LogP contribution is 2.38. The van der Waals surface area contributed by atoms with Crippen molar-refractivity contribution >= 4 is 17.7 Å². The van der Waals surface area contributed by atoms with Gasteiger partial charge in [0.05, 0.1) is 5.56 Å². The van der Waals surface area contributed by atoms with Gasteiger partial charge in [0.2, 0.25) is 0 Å². The number of hydrogen-bond donors (Lipinski definition) is 1. The molecule has 0 bridgehead atoms. The Labute approximate surface area is 81.0 Å². The maximum absolute atomic E-state index is 10.5. The van der Waals surface area contributed by atoms with Gasteiger partial charge < -0.3 is 5.11 Å². The van der Waals surface area contributed by atoms with Crippen LogP contribution in [-0.4, -0.2) is 16.3 Å². The Morgan fingerprint density at radius 1 is 1.31 bits per heavy atom. The van der Waals surface area contributed by atoms with Gasteiger partial charge in [0, 0.05) is 10.1 Å². The molecule has 2 rings (SSSR count). The van der Waals surface area contributed by atoms with Crippen molar-refractivity contribution in [2.24, 2.45) is 0 Å². The van der Waals surface area contributed by atoms with Crippen LogP contribution in [0.1, 0.15) is 23.2 Å². The van der Waals surface area contributed by atoms with E-state index in [2.05, 4.69) is 0 Å². The largest absolute Gasteiger partial charge is 0.478 e. The predicted molar refractivity (Wildman–Crippen MR) is 52.3 cm³/mol. The van der Waals surface area contributed by atoms with Crippen molar-refractivity contribution in [1.29, 1.82) is 0 Å². The number of carboxylic acid groups (broad SMARTS) is 1. The normalized spacial score (nSPS) is 15.7. The van der Waals surface area contributed by atoms with E-state index in [0.717, 1.165) is 5.25 Å². The molecule has 1 aromatic carbocycles. The van der Waals surface area contributed by atoms with Crippen molar-refractivity contribution in [2.75, 3.05) is 0 Å². The molecule has 1 fully saturated rings. The molecule has 2 nitrogen and oxygen atoms in total. The molecule has 1 N–H and O–H groups in total. The average Bonchev–Trinajstić information content (AvgIpc) is 2.89. The lowest BCUT2D eigenvalue weighted by molar-refractivity contribution is 0.0697. The Morgan fingerprint density at radius 3 is 2.38 bits per heavy atom. The summed E-state index contributed by atoms with van der Waals surface area (Å²) in [5.74, 6) is -0.858. The van der Waals surface area contributed by atoms with Crippen LogP contribution in [0, 0.1) is 0 Å². The number of thioether (sulfide) groups is 1. The van der Waals surface area contributed by atoms with Crippen LogP contribution < -0.4 is 0 Å². The van der Waals surface area contributed by atoms with Gasteiger partial charge in [-0.3, -0.25) is 0 Å². The Kier molecular flexibility index (Phi) is 2.27. The first kappa shape index (κ1) is 8.63. The third kappa shape index (κ3) is 2.25. The van der Waals surface area contributed by atoms with Crippen LogP contribution in [0.2, 0.25) is 0 Å². The van der Waals surface area contributed by atoms with Gasteiger partial charge in [-0.1, -0.05) is 0 Å². The van der Waals surface area contributed by atoms with E-state index in [1.807, 2.05) is 23.9 Å². The second-order valence-electron chi connectivity index (χ2n) is 3.15. The van der Waals surface area contributed by atoms with E-state index in [0.29, 0.717) is 5.56 Å². The van der Waals surface area contributed by atoms with E-state index in [1.54, 1.807) is 12.1 Å². The third-order valence-electron chi connectivity index (χ3n) is 1.93. The lowest BCUT2D eigenvalue weighted by Crippen LogP contribution is -1.94. The van der Waals surface area contributed by atoms with Crippen molar-refractivity contribution in [3.05, 3.63) is 29.8 Å². The summed E-state index contributed by atoms with van der Waals surface area (Å²) < 4.78 is 0. The smallest absolute Gasteiger partial charge is 0.335 e. The van der Waals surface area contributed by atoms with E-state index in [-0.39, 0.29) is 0 Å². The number of aromatic carboxylic acids is 1. The Morgan fingerprint density at radius 2 is 1.92 bits per heavy atom. The van der Waals surface area contributed by atoms with Gasteiger partial charge in [-0.25, -0.2) is 4.79 Å². The summed E-state index contributed by atoms with van der Waals surface area (Å²) in [5, 5.41) is 9.44. The van der Waals surface area contributed by atoms with Gasteiger partial charge >= 0.3 is 5.97 Å². The van der Waals surface area contributed by atoms with Crippen LogP contribution in [0.3, 0.4) is 0 Å². The molecule has 68 valence electrons. The molecule has 0 aromatic heterocycles. The maximum Gasteiger partial charge on any atom is 0.335 e. The maximum atomic E-state index is 10.5. The van der Waals surface area contributed by atoms with Gasteiger partial charge in [0.25, 0.3) is 0 Å². The fourth-order valence-corrected chi connectivity index (χ4v) is 2.10. The zero-order valence-electron chi connectivity index (χ0n) is 7.06. The molecule has 0 saturated heterocycles. The van der Waals surface area contributed by atoms with Crippen LogP contribution in [0.15, 0.2) is 29.2 Å². The summed E-state index contributed by atoms with van der Waals surface area (Å²) in [4.78, 5) is 11.7. The zero-order valence-corrected chi connectivity index (χ0v) is 7.88. The van der Waals surface area contributed by atoms with Crippen LogP contribution in [0.4, 0.5) is 0 Å². The van der Waals surface area contributed by atoms with Crippen LogP contribution in [0.5, 0.6) is 0 Å². The topological polar surface area (TPSA) is 37.3 Å². The molecule has 1 saturated carbocycles. The minimum Gasteiger partial charge on any atom is -0.478 e. The quantitative estimate of drug-likeness (QED) is 0.803. The summed E-state index contributed by atoms with van der Waals surface area (Å²) in [5.41, 5.74) is 0.361. The number of carbonyl (C=O) groups is 1. The van der Waals surface area contributed by atoms with Gasteiger partial charge in [-0.15, -0.1) is 11.8 Å². The molecule has 13 heavy (non-hydrogen) atoms. The predicted octanol–water partition coefficient (Wildman–Crippen LogP) is 2.64. The van der Waals surface area contributed by atoms with Crippen LogP contribution in [0.25, 0.3) is 0 Å². The summed E-state index contributed by atoms with van der Waals surface area (Å²) in [6, 6.07) is 7.08. The number of carboxylic acids is 1. The van der Waals surface area contributed by atoms with E-state index in [1.165, 1.54) is 17.7 Å². The SMILES string of the molecule is O=C(O)c1ccc(SC2CC2)cc1. The first-order valence-corrected chi connectivity index (χ1v) is 5.14. The molecule has 1 aromatic rings. The van der Waals surface area contributed by atoms with E-state index in [9.17, 15) is 4.79 Å². The lowest BCUT2D eigenvalue weighted by Gasteiger charge is -1.99. The molecule has 0 atom stereocenters. The number of hydrogen-bond acceptors (Lipinski definition) is 2. The van der Waals surface area contributed by atoms with Crippen molar-refractivity contribution in [3.8, 4) is 0 Å². The van der Waals surface area contributed by atoms with E-state index in [4.69, 9.17) is 5.11 Å². The van der Waals surface area contributed by atoms with Gasteiger partial charge in [-0.05, 0) is 37.1 Å². The molecule has 1 aliphatic carbocycles. The summed E-state index contributed by atoms with van der Waals surface area (Å²) >= 11 is 1.84. The molecule has 0 heterocycles. The Hall–Kier alpha value is -0.960. The van der Waals surface area contributed by atoms with E-state index < -0.39 is 5.97 Å². The highest BCUT2D eigenvalue weighted by Gasteiger charge is 2.22. The van der Waals surface area contributed by atoms with Gasteiger partial charge in [-0.2, -0.15) is 0 Å². The van der Waals surface area contributed by atoms with Crippen molar-refractivity contribution in [2.45, 2.75) is 23.0 Å². The highest BCUT2D eigenvalue weighted by atomic mass is 32.2. The Bertz CT molecular complexity index is 314. The van der Waals surface area contributed by atoms with Crippen molar-refractivity contribution in [1.82, 2.24) is 0 Å². The van der Waals surface area contributed by atoms with Crippen LogP contribution in [-0.2, 0) is 0 Å². The molecular formula is C10H10O2S. The molecule has 0 aliphatic heterocycles. The zero-order chi connectivity index (χ0) is 9.26. The molecule has 0 unspecified atom stereocenters. The molecule has 1 aliphatic rings. The summed E-state index contributed by atoms with van der Waals surface area (Å²) in [6.45, 7) is 0. The first-order chi connectivity index (χ1) is 6.25. The first-order valence-electron chi connectivity index (χ1n) is 4.26. The van der Waals surface area contributed by atoms with Crippen molar-refractivity contribution in [3.63, 3.8) is 0 Å². The lowest BCUT2D eigenvalue weighted by atomic mass is 10.2. The molecule has 3 heteroatoms. The Balaban J connectivity index is 2.08. The number of rotatable bonds is 3. The van der Waals surface area contributed by atoms with Crippen LogP contribution >= 0.6 is 11.8 Å². The molecule has 0 spiro atoms. The summed E-state index contributed by atoms with van der Waals surface area (Å²) in [6.07, 6.45) is 2.59. The highest BCUT2D eigenvalue weighted by molar-refractivity contribution is 8.00. The average molecular weight is 194 g/mol. The van der Waals surface area contributed by atoms with Gasteiger partial charge in [0.15, 0.2) is 0 Å². The minimum absolute atomic E-state index is 0.361. The fourth-order valence-electron chi connectivity index (χ4n) is 1.05. The third-order valence-corrected chi connectivity index (χ3v) is 3.28. The monoisotopic (exact) mass is 194 g/mol. The van der Waals surface area contributed by atoms with Gasteiger partial charge in [0.1, 0.15) is 0 Å². The van der Waals surface area contributed by atoms with Crippen molar-refractivity contribution < 1.29 is 9.90 Å². The molecule has 0 radical (unpaired) electrons. The fraction of sp³-hybridized carbons (Fsp3) is 0.300. The second-order valence-corrected chi connectivity index (χ2v) is 4.52. The molecule has 0 amide bonds. The number of benzene rings is 1. The standard InChI is InChI=1S/C10H10O2S/c11-10(12)7-1-3-8(4-2-7)13-9-5-6-9/h1-4,9H,5-6H2,(H,11,12). The minimum atomic E-state index is -0.858. The summed E-state index contributed by atoms with van der Waals surface area (Å²) in [7, 11) is 0. The van der Waals surface area contributed by atoms with E-state index >= 15 is 0 Å².